The Bertz CT molecular complexity index is 266. The normalized spacial score (nSPS) is 11.4. The number of aliphatic hydroxyl groups excluding tert-OH is 1. The smallest absolute Gasteiger partial charge is 0.0555 e. The molecule has 188 valence electrons. The molecule has 2 nitrogen and oxygen atoms in total. The Balaban J connectivity index is 2.98. The van der Waals surface area contributed by atoms with Crippen molar-refractivity contribution in [3.8, 4) is 0 Å². The molecule has 0 aromatic rings. The van der Waals surface area contributed by atoms with Gasteiger partial charge in [-0.3, -0.25) is 0 Å². The molecule has 0 unspecified atom stereocenters. The van der Waals surface area contributed by atoms with E-state index in [9.17, 15) is 0 Å². The fraction of sp³-hybridized carbons (Fsp3) is 1.00. The number of nitrogens with one attached hydrogen (secondary N) is 1. The van der Waals surface area contributed by atoms with Gasteiger partial charge in [-0.15, -0.1) is 0 Å². The van der Waals surface area contributed by atoms with E-state index in [1.807, 2.05) is 0 Å². The largest absolute Gasteiger partial charge is 0.395 e. The molecule has 0 aromatic heterocycles. The van der Waals surface area contributed by atoms with E-state index < -0.39 is 0 Å². The van der Waals surface area contributed by atoms with Crippen molar-refractivity contribution in [1.29, 1.82) is 0 Å². The minimum absolute atomic E-state index is 0.263. The van der Waals surface area contributed by atoms with Crippen molar-refractivity contribution < 1.29 is 5.11 Å². The minimum Gasteiger partial charge on any atom is -0.395 e. The first kappa shape index (κ1) is 30.9. The maximum atomic E-state index is 8.70. The van der Waals surface area contributed by atoms with Crippen molar-refractivity contribution in [2.75, 3.05) is 19.7 Å². The van der Waals surface area contributed by atoms with Gasteiger partial charge in [0.05, 0.1) is 6.61 Å². The summed E-state index contributed by atoms with van der Waals surface area (Å²) in [5.74, 6) is 0. The monoisotopic (exact) mass is 439 g/mol. The molecule has 0 aliphatic rings. The highest BCUT2D eigenvalue weighted by Crippen LogP contribution is 2.15. The first-order valence-corrected chi connectivity index (χ1v) is 14.7. The lowest BCUT2D eigenvalue weighted by molar-refractivity contribution is 0.292. The molecule has 2 heteroatoms. The zero-order valence-electron chi connectivity index (χ0n) is 21.7. The summed E-state index contributed by atoms with van der Waals surface area (Å²) in [6.45, 7) is 4.38. The van der Waals surface area contributed by atoms with Gasteiger partial charge in [0, 0.05) is 6.54 Å². The third kappa shape index (κ3) is 29.9. The Morgan fingerprint density at radius 3 is 0.871 bits per heavy atom. The summed E-state index contributed by atoms with van der Waals surface area (Å²) in [6, 6.07) is 0. The van der Waals surface area contributed by atoms with Crippen LogP contribution in [0.1, 0.15) is 167 Å². The van der Waals surface area contributed by atoms with E-state index in [-0.39, 0.29) is 6.61 Å². The number of aliphatic hydroxyl groups is 1. The lowest BCUT2D eigenvalue weighted by atomic mass is 10.0. The molecule has 0 radical (unpaired) electrons. The summed E-state index contributed by atoms with van der Waals surface area (Å²) in [6.07, 6.45) is 36.2. The molecule has 2 N–H and O–H groups in total. The second-order valence-electron chi connectivity index (χ2n) is 9.96. The van der Waals surface area contributed by atoms with Crippen molar-refractivity contribution in [3.05, 3.63) is 0 Å². The third-order valence-electron chi connectivity index (χ3n) is 6.75. The van der Waals surface area contributed by atoms with Crippen LogP contribution in [0.15, 0.2) is 0 Å². The van der Waals surface area contributed by atoms with Gasteiger partial charge in [0.1, 0.15) is 0 Å². The van der Waals surface area contributed by atoms with Gasteiger partial charge >= 0.3 is 0 Å². The molecule has 0 bridgehead atoms. The standard InChI is InChI=1S/C29H61NO/c1-2-3-4-5-6-7-8-9-10-11-12-13-14-15-16-17-18-19-20-21-22-23-24-25-26-27-30-28-29-31/h30-31H,2-29H2,1H3. The second-order valence-corrected chi connectivity index (χ2v) is 9.96. The molecule has 0 rings (SSSR count). The van der Waals surface area contributed by atoms with Crippen molar-refractivity contribution >= 4 is 0 Å². The van der Waals surface area contributed by atoms with Crippen LogP contribution in [0.3, 0.4) is 0 Å². The van der Waals surface area contributed by atoms with Gasteiger partial charge in [-0.2, -0.15) is 0 Å². The van der Waals surface area contributed by atoms with Gasteiger partial charge in [-0.05, 0) is 13.0 Å². The molecule has 31 heavy (non-hydrogen) atoms. The first-order chi connectivity index (χ1) is 15.4. The van der Waals surface area contributed by atoms with Crippen molar-refractivity contribution in [2.24, 2.45) is 0 Å². The summed E-state index contributed by atoms with van der Waals surface area (Å²) in [4.78, 5) is 0. The van der Waals surface area contributed by atoms with Gasteiger partial charge in [0.2, 0.25) is 0 Å². The van der Waals surface area contributed by atoms with E-state index in [2.05, 4.69) is 12.2 Å². The molecule has 0 aliphatic carbocycles. The van der Waals surface area contributed by atoms with E-state index in [0.717, 1.165) is 13.1 Å². The maximum Gasteiger partial charge on any atom is 0.0555 e. The quantitative estimate of drug-likeness (QED) is 0.119. The predicted octanol–water partition coefficient (Wildman–Crippen LogP) is 9.34. The molecule has 0 heterocycles. The van der Waals surface area contributed by atoms with Crippen molar-refractivity contribution in [1.82, 2.24) is 5.32 Å². The van der Waals surface area contributed by atoms with Crippen molar-refractivity contribution in [3.63, 3.8) is 0 Å². The second kappa shape index (κ2) is 29.9. The highest BCUT2D eigenvalue weighted by Gasteiger charge is 1.96. The van der Waals surface area contributed by atoms with Crippen LogP contribution in [-0.2, 0) is 0 Å². The lowest BCUT2D eigenvalue weighted by Gasteiger charge is -2.05. The topological polar surface area (TPSA) is 32.3 Å². The van der Waals surface area contributed by atoms with E-state index in [1.54, 1.807) is 0 Å². The van der Waals surface area contributed by atoms with Crippen LogP contribution in [0.25, 0.3) is 0 Å². The summed E-state index contributed by atoms with van der Waals surface area (Å²) in [7, 11) is 0. The molecule has 0 saturated heterocycles. The SMILES string of the molecule is CCCCCCCCCCCCCCCCCCCCCCCCCCCNCCO. The highest BCUT2D eigenvalue weighted by atomic mass is 16.3. The number of unbranched alkanes of at least 4 members (excludes halogenated alkanes) is 24. The van der Waals surface area contributed by atoms with Crippen LogP contribution in [0.2, 0.25) is 0 Å². The summed E-state index contributed by atoms with van der Waals surface area (Å²) >= 11 is 0. The van der Waals surface area contributed by atoms with E-state index in [0.29, 0.717) is 0 Å². The van der Waals surface area contributed by atoms with E-state index in [4.69, 9.17) is 5.11 Å². The summed E-state index contributed by atoms with van der Waals surface area (Å²) in [5, 5.41) is 11.9. The van der Waals surface area contributed by atoms with E-state index in [1.165, 1.54) is 161 Å². The van der Waals surface area contributed by atoms with Gasteiger partial charge in [-0.1, -0.05) is 161 Å². The van der Waals surface area contributed by atoms with Gasteiger partial charge in [0.15, 0.2) is 0 Å². The Hall–Kier alpha value is -0.0800. The zero-order valence-corrected chi connectivity index (χ0v) is 21.7. The molecule has 0 atom stereocenters. The highest BCUT2D eigenvalue weighted by molar-refractivity contribution is 4.52. The zero-order chi connectivity index (χ0) is 22.5. The maximum absolute atomic E-state index is 8.70. The molecular weight excluding hydrogens is 378 g/mol. The summed E-state index contributed by atoms with van der Waals surface area (Å²) in [5.41, 5.74) is 0. The van der Waals surface area contributed by atoms with Crippen molar-refractivity contribution in [2.45, 2.75) is 167 Å². The average Bonchev–Trinajstić information content (AvgIpc) is 2.78. The van der Waals surface area contributed by atoms with Crippen LogP contribution >= 0.6 is 0 Å². The van der Waals surface area contributed by atoms with Crippen LogP contribution in [-0.4, -0.2) is 24.8 Å². The molecule has 0 amide bonds. The predicted molar refractivity (Wildman–Crippen MR) is 141 cm³/mol. The molecular formula is C29H61NO. The molecule has 0 aliphatic heterocycles. The van der Waals surface area contributed by atoms with Gasteiger partial charge in [0.25, 0.3) is 0 Å². The Labute approximate surface area is 197 Å². The molecule has 0 spiro atoms. The lowest BCUT2D eigenvalue weighted by Crippen LogP contribution is -2.19. The van der Waals surface area contributed by atoms with Crippen LogP contribution in [0, 0.1) is 0 Å². The molecule has 0 saturated carbocycles. The Morgan fingerprint density at radius 2 is 0.613 bits per heavy atom. The number of rotatable bonds is 28. The Morgan fingerprint density at radius 1 is 0.355 bits per heavy atom. The number of hydrogen-bond donors (Lipinski definition) is 2. The van der Waals surface area contributed by atoms with Crippen LogP contribution in [0.5, 0.6) is 0 Å². The Kier molecular flexibility index (Phi) is 29.8. The average molecular weight is 440 g/mol. The summed E-state index contributed by atoms with van der Waals surface area (Å²) < 4.78 is 0. The minimum atomic E-state index is 0.263. The number of hydrogen-bond acceptors (Lipinski definition) is 2. The fourth-order valence-electron chi connectivity index (χ4n) is 4.59. The third-order valence-corrected chi connectivity index (χ3v) is 6.75. The molecule has 0 aromatic carbocycles. The van der Waals surface area contributed by atoms with Crippen LogP contribution in [0.4, 0.5) is 0 Å². The van der Waals surface area contributed by atoms with Gasteiger partial charge in [-0.25, -0.2) is 0 Å². The van der Waals surface area contributed by atoms with Gasteiger partial charge < -0.3 is 10.4 Å². The molecule has 0 fully saturated rings. The first-order valence-electron chi connectivity index (χ1n) is 14.7. The van der Waals surface area contributed by atoms with E-state index >= 15 is 0 Å². The fourth-order valence-corrected chi connectivity index (χ4v) is 4.59. The van der Waals surface area contributed by atoms with Crippen LogP contribution < -0.4 is 5.32 Å².